The Hall–Kier alpha value is -2.57. The van der Waals surface area contributed by atoms with Gasteiger partial charge in [0.2, 0.25) is 0 Å². The molecule has 0 unspecified atom stereocenters. The van der Waals surface area contributed by atoms with Gasteiger partial charge in [-0.1, -0.05) is 11.3 Å². The number of ether oxygens (including phenoxy) is 2. The van der Waals surface area contributed by atoms with Gasteiger partial charge in [-0.3, -0.25) is 4.68 Å². The molecule has 0 bridgehead atoms. The quantitative estimate of drug-likeness (QED) is 0.623. The van der Waals surface area contributed by atoms with Gasteiger partial charge in [-0.15, -0.1) is 5.10 Å². The lowest BCUT2D eigenvalue weighted by atomic mass is 10.3. The number of carbonyl (C=O) groups is 1. The summed E-state index contributed by atoms with van der Waals surface area (Å²) in [6, 6.07) is 6.83. The van der Waals surface area contributed by atoms with Gasteiger partial charge in [0, 0.05) is 18.8 Å². The van der Waals surface area contributed by atoms with Crippen LogP contribution in [0.1, 0.15) is 5.69 Å². The number of hydrogen-bond donors (Lipinski definition) is 1. The normalized spacial score (nSPS) is 10.2. The molecule has 0 saturated heterocycles. The van der Waals surface area contributed by atoms with Crippen LogP contribution < -0.4 is 10.5 Å². The maximum Gasteiger partial charge on any atom is 0.344 e. The lowest BCUT2D eigenvalue weighted by molar-refractivity contribution is -0.147. The van der Waals surface area contributed by atoms with E-state index in [9.17, 15) is 4.79 Å². The Morgan fingerprint density at radius 1 is 1.47 bits per heavy atom. The summed E-state index contributed by atoms with van der Waals surface area (Å²) in [4.78, 5) is 11.4. The number of rotatable bonds is 5. The Morgan fingerprint density at radius 3 is 3.00 bits per heavy atom. The second-order valence-electron chi connectivity index (χ2n) is 3.91. The third-order valence-corrected chi connectivity index (χ3v) is 2.25. The molecule has 2 aromatic rings. The average Bonchev–Trinajstić information content (AvgIpc) is 2.80. The molecule has 19 heavy (non-hydrogen) atoms. The Labute approximate surface area is 109 Å². The van der Waals surface area contributed by atoms with Gasteiger partial charge in [0.25, 0.3) is 0 Å². The molecule has 0 saturated carbocycles. The summed E-state index contributed by atoms with van der Waals surface area (Å²) in [5, 5.41) is 7.52. The first kappa shape index (κ1) is 12.9. The number of nitrogens with two attached hydrogens (primary N) is 1. The molecule has 2 N–H and O–H groups in total. The van der Waals surface area contributed by atoms with Crippen LogP contribution in [0.15, 0.2) is 30.5 Å². The van der Waals surface area contributed by atoms with Crippen molar-refractivity contribution in [2.75, 3.05) is 12.3 Å². The van der Waals surface area contributed by atoms with Crippen LogP contribution in [0, 0.1) is 0 Å². The summed E-state index contributed by atoms with van der Waals surface area (Å²) in [5.74, 6) is 0.0459. The smallest absolute Gasteiger partial charge is 0.344 e. The molecule has 1 aromatic heterocycles. The second kappa shape index (κ2) is 5.85. The molecule has 0 fully saturated rings. The number of nitrogen functional groups attached to an aromatic ring is 1. The van der Waals surface area contributed by atoms with Gasteiger partial charge in [-0.25, -0.2) is 4.79 Å². The second-order valence-corrected chi connectivity index (χ2v) is 3.91. The van der Waals surface area contributed by atoms with E-state index in [2.05, 4.69) is 10.3 Å². The van der Waals surface area contributed by atoms with Crippen molar-refractivity contribution < 1.29 is 14.3 Å². The van der Waals surface area contributed by atoms with Crippen LogP contribution in [0.2, 0.25) is 0 Å². The third-order valence-electron chi connectivity index (χ3n) is 2.25. The number of aromatic nitrogens is 3. The number of anilines is 1. The average molecular weight is 262 g/mol. The van der Waals surface area contributed by atoms with Gasteiger partial charge in [0.1, 0.15) is 18.1 Å². The summed E-state index contributed by atoms with van der Waals surface area (Å²) in [5.41, 5.74) is 6.75. The van der Waals surface area contributed by atoms with Crippen LogP contribution in [-0.2, 0) is 23.2 Å². The van der Waals surface area contributed by atoms with Crippen LogP contribution >= 0.6 is 0 Å². The van der Waals surface area contributed by atoms with Gasteiger partial charge in [0.15, 0.2) is 6.61 Å². The molecule has 0 aliphatic heterocycles. The Kier molecular flexibility index (Phi) is 3.97. The summed E-state index contributed by atoms with van der Waals surface area (Å²) in [7, 11) is 1.74. The van der Waals surface area contributed by atoms with E-state index in [1.54, 1.807) is 37.5 Å². The van der Waals surface area contributed by atoms with E-state index in [4.69, 9.17) is 15.2 Å². The monoisotopic (exact) mass is 262 g/mol. The van der Waals surface area contributed by atoms with Crippen LogP contribution in [0.3, 0.4) is 0 Å². The molecule has 100 valence electrons. The first-order valence-corrected chi connectivity index (χ1v) is 5.62. The summed E-state index contributed by atoms with van der Waals surface area (Å²) in [6.45, 7) is -0.101. The minimum Gasteiger partial charge on any atom is -0.482 e. The van der Waals surface area contributed by atoms with Crippen molar-refractivity contribution in [3.05, 3.63) is 36.2 Å². The molecule has 0 radical (unpaired) electrons. The van der Waals surface area contributed by atoms with Crippen molar-refractivity contribution in [1.82, 2.24) is 15.0 Å². The van der Waals surface area contributed by atoms with E-state index in [0.717, 1.165) is 0 Å². The Balaban J connectivity index is 1.75. The molecular weight excluding hydrogens is 248 g/mol. The molecule has 1 aromatic carbocycles. The zero-order valence-electron chi connectivity index (χ0n) is 10.4. The fraction of sp³-hybridized carbons (Fsp3) is 0.250. The molecule has 0 atom stereocenters. The molecule has 7 nitrogen and oxygen atoms in total. The zero-order chi connectivity index (χ0) is 13.7. The maximum atomic E-state index is 11.4. The van der Waals surface area contributed by atoms with Gasteiger partial charge in [-0.05, 0) is 12.1 Å². The molecule has 0 aliphatic rings. The van der Waals surface area contributed by atoms with E-state index in [1.165, 1.54) is 4.68 Å². The molecule has 2 rings (SSSR count). The topological polar surface area (TPSA) is 92.3 Å². The van der Waals surface area contributed by atoms with Crippen LogP contribution in [0.5, 0.6) is 5.75 Å². The van der Waals surface area contributed by atoms with E-state index >= 15 is 0 Å². The van der Waals surface area contributed by atoms with Crippen molar-refractivity contribution in [2.45, 2.75) is 6.61 Å². The van der Waals surface area contributed by atoms with Gasteiger partial charge >= 0.3 is 5.97 Å². The molecular formula is C12H14N4O3. The van der Waals surface area contributed by atoms with Gasteiger partial charge < -0.3 is 15.2 Å². The zero-order valence-corrected chi connectivity index (χ0v) is 10.4. The van der Waals surface area contributed by atoms with E-state index in [0.29, 0.717) is 17.1 Å². The van der Waals surface area contributed by atoms with Gasteiger partial charge in [0.05, 0.1) is 6.20 Å². The summed E-state index contributed by atoms with van der Waals surface area (Å²) in [6.07, 6.45) is 1.67. The highest BCUT2D eigenvalue weighted by Gasteiger charge is 2.06. The van der Waals surface area contributed by atoms with Gasteiger partial charge in [-0.2, -0.15) is 0 Å². The first-order valence-electron chi connectivity index (χ1n) is 5.62. The Bertz CT molecular complexity index is 568. The summed E-state index contributed by atoms with van der Waals surface area (Å²) >= 11 is 0. The van der Waals surface area contributed by atoms with Crippen molar-refractivity contribution in [3.8, 4) is 5.75 Å². The number of carbonyl (C=O) groups excluding carboxylic acids is 1. The molecule has 0 amide bonds. The molecule has 7 heteroatoms. The number of benzene rings is 1. The molecule has 0 spiro atoms. The Morgan fingerprint density at radius 2 is 2.32 bits per heavy atom. The minimum atomic E-state index is -0.479. The molecule has 0 aliphatic carbocycles. The number of aryl methyl sites for hydroxylation is 1. The number of esters is 1. The van der Waals surface area contributed by atoms with Crippen molar-refractivity contribution in [3.63, 3.8) is 0 Å². The third kappa shape index (κ3) is 3.98. The minimum absolute atomic E-state index is 0.0764. The highest BCUT2D eigenvalue weighted by molar-refractivity contribution is 5.71. The number of nitrogens with zero attached hydrogens (tertiary/aromatic N) is 3. The van der Waals surface area contributed by atoms with Crippen LogP contribution in [-0.4, -0.2) is 27.6 Å². The highest BCUT2D eigenvalue weighted by Crippen LogP contribution is 2.14. The SMILES string of the molecule is Cn1cc(COC(=O)COc2cccc(N)c2)nn1. The van der Waals surface area contributed by atoms with E-state index in [1.807, 2.05) is 0 Å². The fourth-order valence-electron chi connectivity index (χ4n) is 1.40. The van der Waals surface area contributed by atoms with E-state index < -0.39 is 5.97 Å². The maximum absolute atomic E-state index is 11.4. The first-order chi connectivity index (χ1) is 9.13. The van der Waals surface area contributed by atoms with E-state index in [-0.39, 0.29) is 13.2 Å². The predicted octanol–water partition coefficient (Wildman–Crippen LogP) is 0.519. The lowest BCUT2D eigenvalue weighted by Gasteiger charge is -2.06. The van der Waals surface area contributed by atoms with Crippen LogP contribution in [0.25, 0.3) is 0 Å². The fourth-order valence-corrected chi connectivity index (χ4v) is 1.40. The summed E-state index contributed by atoms with van der Waals surface area (Å²) < 4.78 is 11.8. The lowest BCUT2D eigenvalue weighted by Crippen LogP contribution is -2.14. The largest absolute Gasteiger partial charge is 0.482 e. The highest BCUT2D eigenvalue weighted by atomic mass is 16.6. The molecule has 1 heterocycles. The standard InChI is InChI=1S/C12H14N4O3/c1-16-6-10(14-15-16)7-19-12(17)8-18-11-4-2-3-9(13)5-11/h2-6H,7-8,13H2,1H3. The van der Waals surface area contributed by atoms with Crippen molar-refractivity contribution in [1.29, 1.82) is 0 Å². The van der Waals surface area contributed by atoms with Crippen molar-refractivity contribution in [2.24, 2.45) is 7.05 Å². The van der Waals surface area contributed by atoms with Crippen LogP contribution in [0.4, 0.5) is 5.69 Å². The predicted molar refractivity (Wildman–Crippen MR) is 67.1 cm³/mol. The number of hydrogen-bond acceptors (Lipinski definition) is 6. The van der Waals surface area contributed by atoms with Crippen molar-refractivity contribution >= 4 is 11.7 Å².